The number of carbonyl (C=O) groups excluding carboxylic acids is 1. The van der Waals surface area contributed by atoms with Crippen LogP contribution in [0.1, 0.15) is 46.5 Å². The predicted molar refractivity (Wildman–Crippen MR) is 60.7 cm³/mol. The molecule has 0 unspecified atom stereocenters. The molecule has 88 valence electrons. The minimum absolute atomic E-state index is 0.115. The van der Waals surface area contributed by atoms with Gasteiger partial charge >= 0.3 is 0 Å². The third-order valence-electron chi connectivity index (χ3n) is 3.22. The number of ether oxygens (including phenoxy) is 1. The lowest BCUT2D eigenvalue weighted by atomic mass is 9.89. The monoisotopic (exact) mass is 213 g/mol. The van der Waals surface area contributed by atoms with Crippen LogP contribution in [0.2, 0.25) is 0 Å². The van der Waals surface area contributed by atoms with Crippen molar-refractivity contribution in [3.63, 3.8) is 0 Å². The number of rotatable bonds is 2. The van der Waals surface area contributed by atoms with Crippen LogP contribution in [0.5, 0.6) is 0 Å². The van der Waals surface area contributed by atoms with E-state index in [2.05, 4.69) is 5.32 Å². The van der Waals surface area contributed by atoms with Crippen LogP contribution in [0.25, 0.3) is 0 Å². The predicted octanol–water partition coefficient (Wildman–Crippen LogP) is 2.11. The lowest BCUT2D eigenvalue weighted by Crippen LogP contribution is -2.43. The quantitative estimate of drug-likeness (QED) is 0.763. The number of amides is 1. The number of hydrogen-bond donors (Lipinski definition) is 1. The van der Waals surface area contributed by atoms with E-state index >= 15 is 0 Å². The first-order valence-electron chi connectivity index (χ1n) is 6.09. The Bertz CT molecular complexity index is 206. The van der Waals surface area contributed by atoms with E-state index in [1.165, 1.54) is 0 Å². The summed E-state index contributed by atoms with van der Waals surface area (Å²) in [5.74, 6) is 0.772. The molecule has 1 saturated heterocycles. The molecule has 0 radical (unpaired) electrons. The van der Waals surface area contributed by atoms with E-state index in [-0.39, 0.29) is 11.4 Å². The van der Waals surface area contributed by atoms with Crippen molar-refractivity contribution in [1.82, 2.24) is 5.32 Å². The molecule has 3 heteroatoms. The summed E-state index contributed by atoms with van der Waals surface area (Å²) in [7, 11) is 0. The molecule has 0 atom stereocenters. The largest absolute Gasteiger partial charge is 0.381 e. The van der Waals surface area contributed by atoms with E-state index in [1.807, 2.05) is 13.8 Å². The average molecular weight is 213 g/mol. The minimum atomic E-state index is 0.115. The molecule has 1 aliphatic heterocycles. The van der Waals surface area contributed by atoms with E-state index in [0.717, 1.165) is 38.9 Å². The third-order valence-corrected chi connectivity index (χ3v) is 3.22. The maximum absolute atomic E-state index is 11.0. The molecule has 2 fully saturated rings. The lowest BCUT2D eigenvalue weighted by molar-refractivity contribution is -0.120. The van der Waals surface area contributed by atoms with Gasteiger partial charge in [0.1, 0.15) is 0 Å². The molecule has 15 heavy (non-hydrogen) atoms. The zero-order chi connectivity index (χ0) is 11.3. The summed E-state index contributed by atoms with van der Waals surface area (Å²) >= 11 is 0. The molecule has 1 heterocycles. The molecule has 2 aliphatic rings. The van der Waals surface area contributed by atoms with Crippen LogP contribution in [0.15, 0.2) is 0 Å². The molecule has 0 aromatic carbocycles. The molecule has 3 nitrogen and oxygen atoms in total. The van der Waals surface area contributed by atoms with Gasteiger partial charge in [-0.1, -0.05) is 13.8 Å². The standard InChI is InChI=1S/C10H17NO2.C2H6/c1-8(12)11-10(4-5-10)9-2-6-13-7-3-9;1-2/h9H,2-7H2,1H3,(H,11,12);1-2H3. The molecule has 1 aliphatic carbocycles. The summed E-state index contributed by atoms with van der Waals surface area (Å²) in [5.41, 5.74) is 0.162. The van der Waals surface area contributed by atoms with Gasteiger partial charge in [0.05, 0.1) is 0 Å². The van der Waals surface area contributed by atoms with Gasteiger partial charge in [0, 0.05) is 25.7 Å². The summed E-state index contributed by atoms with van der Waals surface area (Å²) in [6, 6.07) is 0. The number of carbonyl (C=O) groups is 1. The topological polar surface area (TPSA) is 38.3 Å². The maximum atomic E-state index is 11.0. The molecule has 2 rings (SSSR count). The summed E-state index contributed by atoms with van der Waals surface area (Å²) in [4.78, 5) is 11.0. The Labute approximate surface area is 92.6 Å². The number of hydrogen-bond acceptors (Lipinski definition) is 2. The summed E-state index contributed by atoms with van der Waals surface area (Å²) in [5, 5.41) is 3.11. The molecule has 0 aromatic rings. The zero-order valence-electron chi connectivity index (χ0n) is 10.1. The SMILES string of the molecule is CC.CC(=O)NC1(C2CCOCC2)CC1. The second kappa shape index (κ2) is 5.50. The fourth-order valence-corrected chi connectivity index (χ4v) is 2.37. The first-order chi connectivity index (χ1) is 7.23. The maximum Gasteiger partial charge on any atom is 0.217 e. The van der Waals surface area contributed by atoms with E-state index < -0.39 is 0 Å². The van der Waals surface area contributed by atoms with Crippen LogP contribution in [-0.2, 0) is 9.53 Å². The summed E-state index contributed by atoms with van der Waals surface area (Å²) < 4.78 is 5.31. The van der Waals surface area contributed by atoms with Crippen LogP contribution in [0.3, 0.4) is 0 Å². The normalized spacial score (nSPS) is 23.7. The van der Waals surface area contributed by atoms with E-state index in [1.54, 1.807) is 6.92 Å². The highest BCUT2D eigenvalue weighted by atomic mass is 16.5. The zero-order valence-corrected chi connectivity index (χ0v) is 10.1. The highest BCUT2D eigenvalue weighted by Crippen LogP contribution is 2.46. The van der Waals surface area contributed by atoms with Gasteiger partial charge in [-0.15, -0.1) is 0 Å². The van der Waals surface area contributed by atoms with Gasteiger partial charge in [-0.05, 0) is 31.6 Å². The molecule has 1 saturated carbocycles. The van der Waals surface area contributed by atoms with E-state index in [0.29, 0.717) is 5.92 Å². The van der Waals surface area contributed by atoms with Crippen LogP contribution >= 0.6 is 0 Å². The fourth-order valence-electron chi connectivity index (χ4n) is 2.37. The van der Waals surface area contributed by atoms with Crippen molar-refractivity contribution >= 4 is 5.91 Å². The van der Waals surface area contributed by atoms with Gasteiger partial charge < -0.3 is 10.1 Å². The lowest BCUT2D eigenvalue weighted by Gasteiger charge is -2.30. The van der Waals surface area contributed by atoms with Gasteiger partial charge in [-0.3, -0.25) is 4.79 Å². The highest BCUT2D eigenvalue weighted by Gasteiger charge is 2.49. The van der Waals surface area contributed by atoms with Crippen molar-refractivity contribution in [1.29, 1.82) is 0 Å². The van der Waals surface area contributed by atoms with Gasteiger partial charge in [0.15, 0.2) is 0 Å². The Morgan fingerprint density at radius 3 is 2.20 bits per heavy atom. The minimum Gasteiger partial charge on any atom is -0.381 e. The van der Waals surface area contributed by atoms with Crippen molar-refractivity contribution in [3.05, 3.63) is 0 Å². The van der Waals surface area contributed by atoms with Crippen LogP contribution < -0.4 is 5.32 Å². The van der Waals surface area contributed by atoms with Crippen molar-refractivity contribution in [2.45, 2.75) is 52.0 Å². The molecule has 0 aromatic heterocycles. The van der Waals surface area contributed by atoms with Crippen molar-refractivity contribution in [3.8, 4) is 0 Å². The van der Waals surface area contributed by atoms with Crippen LogP contribution in [0, 0.1) is 5.92 Å². The molecule has 0 bridgehead atoms. The van der Waals surface area contributed by atoms with Gasteiger partial charge in [0.25, 0.3) is 0 Å². The van der Waals surface area contributed by atoms with Gasteiger partial charge in [-0.2, -0.15) is 0 Å². The molecule has 0 spiro atoms. The van der Waals surface area contributed by atoms with Gasteiger partial charge in [-0.25, -0.2) is 0 Å². The van der Waals surface area contributed by atoms with E-state index in [4.69, 9.17) is 4.74 Å². The summed E-state index contributed by atoms with van der Waals surface area (Å²) in [6.07, 6.45) is 4.55. The average Bonchev–Trinajstić information content (AvgIpc) is 3.02. The van der Waals surface area contributed by atoms with Crippen LogP contribution in [-0.4, -0.2) is 24.7 Å². The van der Waals surface area contributed by atoms with Crippen molar-refractivity contribution in [2.24, 2.45) is 5.92 Å². The Morgan fingerprint density at radius 2 is 1.80 bits per heavy atom. The Hall–Kier alpha value is -0.570. The molecular formula is C12H23NO2. The second-order valence-electron chi connectivity index (χ2n) is 4.22. The molecule has 1 amide bonds. The van der Waals surface area contributed by atoms with Gasteiger partial charge in [0.2, 0.25) is 5.91 Å². The van der Waals surface area contributed by atoms with E-state index in [9.17, 15) is 4.79 Å². The van der Waals surface area contributed by atoms with Crippen molar-refractivity contribution in [2.75, 3.05) is 13.2 Å². The first kappa shape index (κ1) is 12.5. The Balaban J connectivity index is 0.000000531. The smallest absolute Gasteiger partial charge is 0.217 e. The number of nitrogens with one attached hydrogen (secondary N) is 1. The van der Waals surface area contributed by atoms with Crippen molar-refractivity contribution < 1.29 is 9.53 Å². The molecule has 1 N–H and O–H groups in total. The highest BCUT2D eigenvalue weighted by molar-refractivity contribution is 5.74. The second-order valence-corrected chi connectivity index (χ2v) is 4.22. The summed E-state index contributed by atoms with van der Waals surface area (Å²) in [6.45, 7) is 7.34. The Morgan fingerprint density at radius 1 is 1.27 bits per heavy atom. The Kier molecular flexibility index (Phi) is 4.58. The third kappa shape index (κ3) is 3.20. The first-order valence-corrected chi connectivity index (χ1v) is 6.09. The van der Waals surface area contributed by atoms with Crippen LogP contribution in [0.4, 0.5) is 0 Å². The fraction of sp³-hybridized carbons (Fsp3) is 0.917. The molecular weight excluding hydrogens is 190 g/mol.